The predicted molar refractivity (Wildman–Crippen MR) is 56.5 cm³/mol. The summed E-state index contributed by atoms with van der Waals surface area (Å²) in [5.41, 5.74) is 6.61. The first-order valence-electron chi connectivity index (χ1n) is 5.11. The van der Waals surface area contributed by atoms with Gasteiger partial charge in [0.25, 0.3) is 0 Å². The molecule has 1 aromatic rings. The van der Waals surface area contributed by atoms with Gasteiger partial charge in [-0.25, -0.2) is 0 Å². The molecule has 82 valence electrons. The van der Waals surface area contributed by atoms with E-state index < -0.39 is 0 Å². The lowest BCUT2D eigenvalue weighted by Gasteiger charge is -2.23. The van der Waals surface area contributed by atoms with Crippen LogP contribution in [0.3, 0.4) is 0 Å². The van der Waals surface area contributed by atoms with Crippen LogP contribution in [0.2, 0.25) is 0 Å². The van der Waals surface area contributed by atoms with Crippen molar-refractivity contribution in [2.24, 2.45) is 5.73 Å². The minimum Gasteiger partial charge on any atom is -0.487 e. The van der Waals surface area contributed by atoms with Crippen LogP contribution in [0.5, 0.6) is 17.2 Å². The van der Waals surface area contributed by atoms with E-state index in [1.54, 1.807) is 0 Å². The fourth-order valence-corrected chi connectivity index (χ4v) is 1.64. The maximum atomic E-state index is 5.54. The SMILES string of the molecule is CCOc1c2ccc(CCN)c1OCO2. The number of hydrogen-bond acceptors (Lipinski definition) is 4. The summed E-state index contributed by atoms with van der Waals surface area (Å²) in [7, 11) is 0. The minimum absolute atomic E-state index is 0.250. The molecule has 0 unspecified atom stereocenters. The zero-order chi connectivity index (χ0) is 10.7. The van der Waals surface area contributed by atoms with Crippen LogP contribution >= 0.6 is 0 Å². The molecule has 0 radical (unpaired) electrons. The Morgan fingerprint density at radius 2 is 2.27 bits per heavy atom. The van der Waals surface area contributed by atoms with Crippen molar-refractivity contribution >= 4 is 0 Å². The average Bonchev–Trinajstić information content (AvgIpc) is 2.23. The van der Waals surface area contributed by atoms with Gasteiger partial charge in [-0.05, 0) is 31.5 Å². The molecule has 1 aliphatic heterocycles. The van der Waals surface area contributed by atoms with Crippen LogP contribution in [0.1, 0.15) is 12.5 Å². The lowest BCUT2D eigenvalue weighted by molar-refractivity contribution is 0.0892. The molecule has 0 fully saturated rings. The molecule has 2 rings (SSSR count). The van der Waals surface area contributed by atoms with Crippen molar-refractivity contribution in [3.63, 3.8) is 0 Å². The number of fused-ring (bicyclic) bond motifs is 2. The lowest BCUT2D eigenvalue weighted by atomic mass is 10.1. The summed E-state index contributed by atoms with van der Waals surface area (Å²) in [5.74, 6) is 2.24. The van der Waals surface area contributed by atoms with Crippen LogP contribution in [-0.2, 0) is 6.42 Å². The first kappa shape index (κ1) is 10.1. The van der Waals surface area contributed by atoms with Crippen LogP contribution in [0.15, 0.2) is 12.1 Å². The molecular weight excluding hydrogens is 194 g/mol. The van der Waals surface area contributed by atoms with Gasteiger partial charge in [-0.15, -0.1) is 0 Å². The van der Waals surface area contributed by atoms with Gasteiger partial charge in [0.15, 0.2) is 11.5 Å². The van der Waals surface area contributed by atoms with Gasteiger partial charge < -0.3 is 19.9 Å². The number of ether oxygens (including phenoxy) is 3. The van der Waals surface area contributed by atoms with Crippen molar-refractivity contribution in [1.29, 1.82) is 0 Å². The second kappa shape index (κ2) is 4.40. The molecule has 0 saturated heterocycles. The molecule has 0 saturated carbocycles. The molecule has 0 atom stereocenters. The van der Waals surface area contributed by atoms with Crippen molar-refractivity contribution in [1.82, 2.24) is 0 Å². The monoisotopic (exact) mass is 209 g/mol. The van der Waals surface area contributed by atoms with Crippen molar-refractivity contribution < 1.29 is 14.2 Å². The van der Waals surface area contributed by atoms with Gasteiger partial charge in [-0.2, -0.15) is 0 Å². The second-order valence-corrected chi connectivity index (χ2v) is 3.26. The average molecular weight is 209 g/mol. The normalized spacial score (nSPS) is 12.9. The Morgan fingerprint density at radius 3 is 3.00 bits per heavy atom. The fourth-order valence-electron chi connectivity index (χ4n) is 1.64. The zero-order valence-electron chi connectivity index (χ0n) is 8.79. The van der Waals surface area contributed by atoms with Crippen LogP contribution in [-0.4, -0.2) is 19.9 Å². The van der Waals surface area contributed by atoms with Gasteiger partial charge in [-0.1, -0.05) is 6.07 Å². The van der Waals surface area contributed by atoms with Crippen molar-refractivity contribution in [2.75, 3.05) is 19.9 Å². The minimum atomic E-state index is 0.250. The van der Waals surface area contributed by atoms with Gasteiger partial charge in [0.2, 0.25) is 12.5 Å². The van der Waals surface area contributed by atoms with Crippen LogP contribution < -0.4 is 19.9 Å². The van der Waals surface area contributed by atoms with Gasteiger partial charge in [-0.3, -0.25) is 0 Å². The first-order chi connectivity index (χ1) is 7.36. The van der Waals surface area contributed by atoms with Crippen molar-refractivity contribution in [3.05, 3.63) is 17.7 Å². The molecule has 15 heavy (non-hydrogen) atoms. The Labute approximate surface area is 88.9 Å². The number of nitrogens with two attached hydrogens (primary N) is 1. The van der Waals surface area contributed by atoms with E-state index in [-0.39, 0.29) is 6.79 Å². The third-order valence-electron chi connectivity index (χ3n) is 2.28. The largest absolute Gasteiger partial charge is 0.487 e. The topological polar surface area (TPSA) is 53.7 Å². The van der Waals surface area contributed by atoms with E-state index >= 15 is 0 Å². The summed E-state index contributed by atoms with van der Waals surface area (Å²) in [4.78, 5) is 0. The molecule has 0 amide bonds. The molecule has 0 aromatic heterocycles. The molecule has 1 heterocycles. The maximum absolute atomic E-state index is 5.54. The molecule has 4 heteroatoms. The summed E-state index contributed by atoms with van der Waals surface area (Å²) in [5, 5.41) is 0. The van der Waals surface area contributed by atoms with Gasteiger partial charge in [0.05, 0.1) is 6.61 Å². The Bertz CT molecular complexity index is 352. The Kier molecular flexibility index (Phi) is 2.97. The Morgan fingerprint density at radius 1 is 1.40 bits per heavy atom. The van der Waals surface area contributed by atoms with E-state index in [1.807, 2.05) is 19.1 Å². The first-order valence-corrected chi connectivity index (χ1v) is 5.11. The zero-order valence-corrected chi connectivity index (χ0v) is 8.79. The maximum Gasteiger partial charge on any atom is 0.231 e. The highest BCUT2D eigenvalue weighted by molar-refractivity contribution is 5.56. The van der Waals surface area contributed by atoms with Crippen LogP contribution in [0, 0.1) is 0 Å². The van der Waals surface area contributed by atoms with E-state index in [0.717, 1.165) is 23.5 Å². The highest BCUT2D eigenvalue weighted by atomic mass is 16.7. The summed E-state index contributed by atoms with van der Waals surface area (Å²) in [6, 6.07) is 3.88. The highest BCUT2D eigenvalue weighted by Crippen LogP contribution is 2.43. The standard InChI is InChI=1S/C11H15NO3/c1-2-13-11-9-4-3-8(5-6-12)10(11)15-7-14-9/h3-4H,2,5-7,12H2,1H3. The van der Waals surface area contributed by atoms with Crippen LogP contribution in [0.25, 0.3) is 0 Å². The molecule has 1 aromatic carbocycles. The van der Waals surface area contributed by atoms with E-state index in [4.69, 9.17) is 19.9 Å². The predicted octanol–water partition coefficient (Wildman–Crippen LogP) is 1.32. The summed E-state index contributed by atoms with van der Waals surface area (Å²) in [6.07, 6.45) is 0.787. The summed E-state index contributed by atoms with van der Waals surface area (Å²) >= 11 is 0. The molecule has 2 bridgehead atoms. The summed E-state index contributed by atoms with van der Waals surface area (Å²) < 4.78 is 16.3. The lowest BCUT2D eigenvalue weighted by Crippen LogP contribution is -2.16. The van der Waals surface area contributed by atoms with E-state index in [9.17, 15) is 0 Å². The fraction of sp³-hybridized carbons (Fsp3) is 0.455. The van der Waals surface area contributed by atoms with Crippen LogP contribution in [0.4, 0.5) is 0 Å². The third-order valence-corrected chi connectivity index (χ3v) is 2.28. The molecule has 2 N–H and O–H groups in total. The molecule has 0 spiro atoms. The quantitative estimate of drug-likeness (QED) is 0.812. The number of hydrogen-bond donors (Lipinski definition) is 1. The van der Waals surface area contributed by atoms with Gasteiger partial charge >= 0.3 is 0 Å². The van der Waals surface area contributed by atoms with Gasteiger partial charge in [0.1, 0.15) is 0 Å². The van der Waals surface area contributed by atoms with E-state index in [1.165, 1.54) is 0 Å². The molecular formula is C11H15NO3. The Hall–Kier alpha value is -1.42. The van der Waals surface area contributed by atoms with Crippen molar-refractivity contribution in [3.8, 4) is 17.2 Å². The number of benzene rings is 1. The smallest absolute Gasteiger partial charge is 0.231 e. The summed E-state index contributed by atoms with van der Waals surface area (Å²) in [6.45, 7) is 3.38. The molecule has 0 aliphatic carbocycles. The Balaban J connectivity index is 2.39. The van der Waals surface area contributed by atoms with Crippen molar-refractivity contribution in [2.45, 2.75) is 13.3 Å². The molecule has 4 nitrogen and oxygen atoms in total. The van der Waals surface area contributed by atoms with E-state index in [0.29, 0.717) is 18.9 Å². The molecule has 1 aliphatic rings. The highest BCUT2D eigenvalue weighted by Gasteiger charge is 2.21. The van der Waals surface area contributed by atoms with Gasteiger partial charge in [0, 0.05) is 0 Å². The second-order valence-electron chi connectivity index (χ2n) is 3.26. The van der Waals surface area contributed by atoms with E-state index in [2.05, 4.69) is 0 Å². The third kappa shape index (κ3) is 1.85. The number of rotatable bonds is 4.